The summed E-state index contributed by atoms with van der Waals surface area (Å²) in [5.41, 5.74) is 0.417. The van der Waals surface area contributed by atoms with Crippen molar-refractivity contribution in [1.29, 1.82) is 0 Å². The number of carbonyl (C=O) groups is 2. The molecule has 0 bridgehead atoms. The number of nitrogens with zero attached hydrogens (tertiary/aromatic N) is 1. The van der Waals surface area contributed by atoms with Crippen molar-refractivity contribution in [3.63, 3.8) is 0 Å². The number of rotatable bonds is 3. The fraction of sp³-hybridized carbons (Fsp3) is 0.364. The molecule has 2 rings (SSSR count). The first-order chi connectivity index (χ1) is 7.72. The van der Waals surface area contributed by atoms with E-state index in [4.69, 9.17) is 4.52 Å². The molecule has 0 saturated heterocycles. The summed E-state index contributed by atoms with van der Waals surface area (Å²) < 4.78 is 4.90. The molecule has 1 aromatic heterocycles. The highest BCUT2D eigenvalue weighted by atomic mass is 32.2. The first kappa shape index (κ1) is 11.1. The van der Waals surface area contributed by atoms with Gasteiger partial charge < -0.3 is 4.52 Å². The van der Waals surface area contributed by atoms with Crippen molar-refractivity contribution in [2.24, 2.45) is 0 Å². The smallest absolute Gasteiger partial charge is 0.204 e. The lowest BCUT2D eigenvalue weighted by molar-refractivity contribution is -0.114. The summed E-state index contributed by atoms with van der Waals surface area (Å²) in [6, 6.07) is 0. The van der Waals surface area contributed by atoms with Gasteiger partial charge in [-0.3, -0.25) is 9.59 Å². The van der Waals surface area contributed by atoms with E-state index in [9.17, 15) is 9.59 Å². The van der Waals surface area contributed by atoms with Gasteiger partial charge in [0.25, 0.3) is 0 Å². The highest BCUT2D eigenvalue weighted by molar-refractivity contribution is 8.04. The average Bonchev–Trinajstić information content (AvgIpc) is 2.67. The van der Waals surface area contributed by atoms with Crippen LogP contribution in [0, 0.1) is 0 Å². The zero-order chi connectivity index (χ0) is 11.5. The maximum Gasteiger partial charge on any atom is 0.204 e. The lowest BCUT2D eigenvalue weighted by atomic mass is 10.1. The molecular formula is C11H11NO3S. The molecule has 0 amide bonds. The van der Waals surface area contributed by atoms with Crippen LogP contribution in [0.1, 0.15) is 29.5 Å². The lowest BCUT2D eigenvalue weighted by Gasteiger charge is -2.01. The molecule has 1 aliphatic carbocycles. The summed E-state index contributed by atoms with van der Waals surface area (Å²) in [5.74, 6) is 0.937. The van der Waals surface area contributed by atoms with Gasteiger partial charge in [-0.05, 0) is 18.2 Å². The second-order valence-electron chi connectivity index (χ2n) is 3.49. The van der Waals surface area contributed by atoms with Crippen molar-refractivity contribution < 1.29 is 14.1 Å². The molecule has 1 aromatic rings. The number of aromatic nitrogens is 1. The maximum absolute atomic E-state index is 12.0. The van der Waals surface area contributed by atoms with E-state index in [0.717, 1.165) is 12.2 Å². The monoisotopic (exact) mass is 237 g/mol. The third-order valence-electron chi connectivity index (χ3n) is 2.20. The van der Waals surface area contributed by atoms with Crippen LogP contribution in [0.25, 0.3) is 0 Å². The van der Waals surface area contributed by atoms with Gasteiger partial charge in [0.2, 0.25) is 5.78 Å². The van der Waals surface area contributed by atoms with Crippen LogP contribution in [0.5, 0.6) is 0 Å². The van der Waals surface area contributed by atoms with E-state index < -0.39 is 0 Å². The molecule has 16 heavy (non-hydrogen) atoms. The van der Waals surface area contributed by atoms with Crippen molar-refractivity contribution >= 4 is 23.3 Å². The minimum absolute atomic E-state index is 0.109. The van der Waals surface area contributed by atoms with Gasteiger partial charge in [-0.1, -0.05) is 12.1 Å². The summed E-state index contributed by atoms with van der Waals surface area (Å²) in [4.78, 5) is 24.0. The quantitative estimate of drug-likeness (QED) is 0.804. The Morgan fingerprint density at radius 3 is 3.06 bits per heavy atom. The molecule has 0 aliphatic heterocycles. The number of fused-ring (bicyclic) bond motifs is 1. The maximum atomic E-state index is 12.0. The van der Waals surface area contributed by atoms with E-state index in [-0.39, 0.29) is 18.0 Å². The standard InChI is InChI=1S/C11H11NO3S/c1-2-3-16-10-5-7(13)4-9-8(11(10)14)6-12-15-9/h5-6H,2-4H2,1H3. The molecule has 84 valence electrons. The summed E-state index contributed by atoms with van der Waals surface area (Å²) >= 11 is 1.41. The van der Waals surface area contributed by atoms with E-state index in [1.165, 1.54) is 24.0 Å². The molecule has 0 radical (unpaired) electrons. The zero-order valence-electron chi connectivity index (χ0n) is 8.86. The Labute approximate surface area is 97.1 Å². The van der Waals surface area contributed by atoms with Crippen LogP contribution < -0.4 is 0 Å². The highest BCUT2D eigenvalue weighted by Gasteiger charge is 2.25. The topological polar surface area (TPSA) is 60.2 Å². The first-order valence-electron chi connectivity index (χ1n) is 5.08. The fourth-order valence-corrected chi connectivity index (χ4v) is 2.33. The molecule has 0 unspecified atom stereocenters. The number of ketones is 2. The average molecular weight is 237 g/mol. The molecule has 0 saturated carbocycles. The predicted octanol–water partition coefficient (Wildman–Crippen LogP) is 2.01. The highest BCUT2D eigenvalue weighted by Crippen LogP contribution is 2.26. The molecular weight excluding hydrogens is 226 g/mol. The molecule has 0 N–H and O–H groups in total. The van der Waals surface area contributed by atoms with Gasteiger partial charge in [0.1, 0.15) is 0 Å². The second kappa shape index (κ2) is 4.65. The molecule has 0 atom stereocenters. The van der Waals surface area contributed by atoms with Crippen LogP contribution in [-0.2, 0) is 11.2 Å². The van der Waals surface area contributed by atoms with Crippen molar-refractivity contribution in [1.82, 2.24) is 5.16 Å². The van der Waals surface area contributed by atoms with Crippen molar-refractivity contribution in [2.45, 2.75) is 19.8 Å². The van der Waals surface area contributed by atoms with Crippen LogP contribution in [0.4, 0.5) is 0 Å². The van der Waals surface area contributed by atoms with Crippen molar-refractivity contribution in [2.75, 3.05) is 5.75 Å². The van der Waals surface area contributed by atoms with Gasteiger partial charge in [-0.15, -0.1) is 11.8 Å². The van der Waals surface area contributed by atoms with Gasteiger partial charge in [-0.2, -0.15) is 0 Å². The minimum atomic E-state index is -0.152. The minimum Gasteiger partial charge on any atom is -0.360 e. The second-order valence-corrected chi connectivity index (χ2v) is 4.63. The Kier molecular flexibility index (Phi) is 3.24. The van der Waals surface area contributed by atoms with Gasteiger partial charge in [0, 0.05) is 0 Å². The lowest BCUT2D eigenvalue weighted by Crippen LogP contribution is -2.00. The Morgan fingerprint density at radius 2 is 2.31 bits per heavy atom. The third-order valence-corrected chi connectivity index (χ3v) is 3.43. The van der Waals surface area contributed by atoms with Crippen LogP contribution in [0.2, 0.25) is 0 Å². The molecule has 4 nitrogen and oxygen atoms in total. The normalized spacial score (nSPS) is 15.7. The fourth-order valence-electron chi connectivity index (χ4n) is 1.45. The number of allylic oxidation sites excluding steroid dienone is 2. The number of hydrogen-bond acceptors (Lipinski definition) is 5. The van der Waals surface area contributed by atoms with Gasteiger partial charge in [0.15, 0.2) is 11.5 Å². The van der Waals surface area contributed by atoms with Gasteiger partial charge >= 0.3 is 0 Å². The molecule has 5 heteroatoms. The van der Waals surface area contributed by atoms with Crippen LogP contribution in [-0.4, -0.2) is 22.5 Å². The third kappa shape index (κ3) is 2.09. The van der Waals surface area contributed by atoms with E-state index >= 15 is 0 Å². The number of carbonyl (C=O) groups excluding carboxylic acids is 2. The van der Waals surface area contributed by atoms with E-state index in [1.807, 2.05) is 6.92 Å². The van der Waals surface area contributed by atoms with Crippen molar-refractivity contribution in [3.8, 4) is 0 Å². The van der Waals surface area contributed by atoms with E-state index in [1.54, 1.807) is 0 Å². The van der Waals surface area contributed by atoms with Gasteiger partial charge in [-0.25, -0.2) is 0 Å². The first-order valence-corrected chi connectivity index (χ1v) is 6.06. The summed E-state index contributed by atoms with van der Waals surface area (Å²) in [5, 5.41) is 3.56. The number of Topliss-reactive ketones (excluding diaryl/α,β-unsaturated/α-hetero) is 1. The summed E-state index contributed by atoms with van der Waals surface area (Å²) in [6.45, 7) is 2.03. The molecule has 0 aromatic carbocycles. The SMILES string of the molecule is CCCSC1=CC(=O)Cc2oncc2C1=O. The Balaban J connectivity index is 2.32. The largest absolute Gasteiger partial charge is 0.360 e. The Hall–Kier alpha value is -1.36. The van der Waals surface area contributed by atoms with E-state index in [0.29, 0.717) is 16.2 Å². The zero-order valence-corrected chi connectivity index (χ0v) is 9.67. The van der Waals surface area contributed by atoms with Crippen molar-refractivity contribution in [3.05, 3.63) is 28.5 Å². The number of thioether (sulfide) groups is 1. The van der Waals surface area contributed by atoms with E-state index in [2.05, 4.69) is 5.16 Å². The van der Waals surface area contributed by atoms with Crippen LogP contribution >= 0.6 is 11.8 Å². The summed E-state index contributed by atoms with van der Waals surface area (Å²) in [6.07, 6.45) is 3.88. The Morgan fingerprint density at radius 1 is 1.50 bits per heavy atom. The number of hydrogen-bond donors (Lipinski definition) is 0. The predicted molar refractivity (Wildman–Crippen MR) is 60.4 cm³/mol. The summed E-state index contributed by atoms with van der Waals surface area (Å²) in [7, 11) is 0. The van der Waals surface area contributed by atoms with Crippen LogP contribution in [0.3, 0.4) is 0 Å². The van der Waals surface area contributed by atoms with Gasteiger partial charge in [0.05, 0.1) is 23.1 Å². The molecule has 0 fully saturated rings. The molecule has 1 heterocycles. The molecule has 1 aliphatic rings. The molecule has 0 spiro atoms. The Bertz CT molecular complexity index is 462. The van der Waals surface area contributed by atoms with Crippen LogP contribution in [0.15, 0.2) is 21.7 Å².